The average molecular weight is 604 g/mol. The Kier molecular flexibility index (Phi) is 9.83. The first-order valence-electron chi connectivity index (χ1n) is 10.9. The van der Waals surface area contributed by atoms with Gasteiger partial charge in [0.25, 0.3) is 5.91 Å². The molecule has 0 heterocycles. The van der Waals surface area contributed by atoms with Crippen LogP contribution in [0.3, 0.4) is 0 Å². The zero-order valence-corrected chi connectivity index (χ0v) is 22.7. The molecule has 0 spiro atoms. The molecule has 0 aliphatic heterocycles. The monoisotopic (exact) mass is 602 g/mol. The summed E-state index contributed by atoms with van der Waals surface area (Å²) in [5.41, 5.74) is -3.56. The molecule has 2 N–H and O–H groups in total. The molecular weight excluding hydrogens is 581 g/mol. The zero-order chi connectivity index (χ0) is 29.2. The van der Waals surface area contributed by atoms with Gasteiger partial charge in [-0.2, -0.15) is 26.3 Å². The first-order valence-corrected chi connectivity index (χ1v) is 12.1. The molecule has 0 saturated heterocycles. The second kappa shape index (κ2) is 11.8. The number of allylic oxidation sites excluding steroid dienone is 1. The van der Waals surface area contributed by atoms with Crippen LogP contribution < -0.4 is 10.6 Å². The third-order valence-corrected chi connectivity index (χ3v) is 6.37. The number of nitrogens with one attached hydrogen (secondary N) is 2. The fraction of sp³-hybridized carbons (Fsp3) is 0.360. The highest BCUT2D eigenvalue weighted by Gasteiger charge is 2.40. The van der Waals surface area contributed by atoms with Crippen LogP contribution in [0, 0.1) is 5.41 Å². The molecule has 0 fully saturated rings. The second-order valence-corrected chi connectivity index (χ2v) is 10.6. The molecule has 2 aromatic carbocycles. The van der Waals surface area contributed by atoms with Crippen molar-refractivity contribution in [2.45, 2.75) is 52.1 Å². The number of benzene rings is 2. The molecule has 1 unspecified atom stereocenters. The molecule has 38 heavy (non-hydrogen) atoms. The van der Waals surface area contributed by atoms with Gasteiger partial charge >= 0.3 is 12.4 Å². The van der Waals surface area contributed by atoms with E-state index in [9.17, 15) is 35.9 Å². The van der Waals surface area contributed by atoms with Gasteiger partial charge in [0.15, 0.2) is 0 Å². The topological polar surface area (TPSA) is 58.2 Å². The van der Waals surface area contributed by atoms with Gasteiger partial charge < -0.3 is 10.6 Å². The van der Waals surface area contributed by atoms with E-state index in [1.807, 2.05) is 0 Å². The average Bonchev–Trinajstić information content (AvgIpc) is 2.75. The Bertz CT molecular complexity index is 1210. The largest absolute Gasteiger partial charge is 0.417 e. The molecule has 13 heteroatoms. The van der Waals surface area contributed by atoms with Gasteiger partial charge in [-0.25, -0.2) is 0 Å². The Balaban J connectivity index is 2.40. The summed E-state index contributed by atoms with van der Waals surface area (Å²) in [7, 11) is 0. The third-order valence-electron chi connectivity index (χ3n) is 5.17. The Morgan fingerprint density at radius 1 is 0.895 bits per heavy atom. The minimum absolute atomic E-state index is 0.141. The number of alkyl halides is 6. The first-order chi connectivity index (χ1) is 17.2. The van der Waals surface area contributed by atoms with Crippen molar-refractivity contribution in [1.29, 1.82) is 0 Å². The van der Waals surface area contributed by atoms with E-state index in [4.69, 9.17) is 34.8 Å². The Morgan fingerprint density at radius 2 is 1.45 bits per heavy atom. The minimum atomic E-state index is -5.00. The van der Waals surface area contributed by atoms with Crippen molar-refractivity contribution in [3.63, 3.8) is 0 Å². The molecule has 2 aromatic rings. The summed E-state index contributed by atoms with van der Waals surface area (Å²) in [5.74, 6) is -3.84. The number of hydrogen-bond acceptors (Lipinski definition) is 2. The predicted octanol–water partition coefficient (Wildman–Crippen LogP) is 8.26. The lowest BCUT2D eigenvalue weighted by Gasteiger charge is -2.23. The Labute approximate surface area is 230 Å². The van der Waals surface area contributed by atoms with Crippen LogP contribution in [0.5, 0.6) is 0 Å². The van der Waals surface area contributed by atoms with E-state index < -0.39 is 52.8 Å². The van der Waals surface area contributed by atoms with Gasteiger partial charge in [0.2, 0.25) is 5.91 Å². The molecule has 208 valence electrons. The van der Waals surface area contributed by atoms with E-state index in [-0.39, 0.29) is 26.2 Å². The summed E-state index contributed by atoms with van der Waals surface area (Å²) >= 11 is 17.5. The zero-order valence-electron chi connectivity index (χ0n) is 20.4. The standard InChI is InChI=1S/C25H23Cl3F6N2O2/c1-12(36-22(38)23(2,3)4)35-21(37)15-7-5-13(9-17(15)25(32,33)34)6-8-16(24(29,30)31)14-10-18(26)20(28)19(27)11-14/h5-12,16H,1-4H3,(H,35,37)(H,36,38)/b8-6+/t12-,16?/m1/s1. The normalized spacial score (nSPS) is 14.3. The van der Waals surface area contributed by atoms with Crippen LogP contribution in [0.2, 0.25) is 15.1 Å². The quantitative estimate of drug-likeness (QED) is 0.198. The number of hydrogen-bond donors (Lipinski definition) is 2. The predicted molar refractivity (Wildman–Crippen MR) is 135 cm³/mol. The van der Waals surface area contributed by atoms with Gasteiger partial charge in [-0.1, -0.05) is 73.8 Å². The highest BCUT2D eigenvalue weighted by Crippen LogP contribution is 2.41. The molecule has 2 amide bonds. The summed E-state index contributed by atoms with van der Waals surface area (Å²) in [6.07, 6.45) is -9.35. The highest BCUT2D eigenvalue weighted by atomic mass is 35.5. The van der Waals surface area contributed by atoms with E-state index in [0.29, 0.717) is 12.1 Å². The van der Waals surface area contributed by atoms with Crippen LogP contribution >= 0.6 is 34.8 Å². The van der Waals surface area contributed by atoms with E-state index in [0.717, 1.165) is 30.3 Å². The lowest BCUT2D eigenvalue weighted by molar-refractivity contribution is -0.139. The van der Waals surface area contributed by atoms with Crippen molar-refractivity contribution >= 4 is 52.7 Å². The van der Waals surface area contributed by atoms with Gasteiger partial charge in [-0.3, -0.25) is 9.59 Å². The van der Waals surface area contributed by atoms with Crippen molar-refractivity contribution < 1.29 is 35.9 Å². The summed E-state index contributed by atoms with van der Waals surface area (Å²) in [5, 5.41) is 4.15. The molecule has 0 aliphatic rings. The van der Waals surface area contributed by atoms with Gasteiger partial charge in [-0.05, 0) is 42.3 Å². The fourth-order valence-electron chi connectivity index (χ4n) is 3.19. The van der Waals surface area contributed by atoms with Crippen LogP contribution in [-0.4, -0.2) is 24.2 Å². The lowest BCUT2D eigenvalue weighted by atomic mass is 9.95. The van der Waals surface area contributed by atoms with Crippen LogP contribution in [0.4, 0.5) is 26.3 Å². The number of halogens is 9. The van der Waals surface area contributed by atoms with Crippen molar-refractivity contribution in [1.82, 2.24) is 10.6 Å². The molecule has 0 aliphatic carbocycles. The summed E-state index contributed by atoms with van der Waals surface area (Å²) in [6.45, 7) is 6.22. The number of amides is 2. The van der Waals surface area contributed by atoms with Crippen molar-refractivity contribution in [2.75, 3.05) is 0 Å². The number of rotatable bonds is 6. The maximum atomic E-state index is 13.8. The van der Waals surface area contributed by atoms with Crippen molar-refractivity contribution in [2.24, 2.45) is 5.41 Å². The van der Waals surface area contributed by atoms with E-state index >= 15 is 0 Å². The first kappa shape index (κ1) is 31.8. The van der Waals surface area contributed by atoms with Crippen LogP contribution in [0.15, 0.2) is 36.4 Å². The van der Waals surface area contributed by atoms with Crippen molar-refractivity contribution in [3.8, 4) is 0 Å². The van der Waals surface area contributed by atoms with Crippen LogP contribution in [0.1, 0.15) is 60.7 Å². The SMILES string of the molecule is C[C@H](NC(=O)c1ccc(/C=C/C(c2cc(Cl)c(Cl)c(Cl)c2)C(F)(F)F)cc1C(F)(F)F)NC(=O)C(C)(C)C. The number of carbonyl (C=O) groups excluding carboxylic acids is 2. The second-order valence-electron chi connectivity index (χ2n) is 9.40. The molecule has 0 bridgehead atoms. The van der Waals surface area contributed by atoms with Gasteiger partial charge in [-0.15, -0.1) is 0 Å². The van der Waals surface area contributed by atoms with E-state index in [1.54, 1.807) is 20.8 Å². The summed E-state index contributed by atoms with van der Waals surface area (Å²) in [4.78, 5) is 24.6. The van der Waals surface area contributed by atoms with E-state index in [1.165, 1.54) is 6.92 Å². The van der Waals surface area contributed by atoms with Gasteiger partial charge in [0.1, 0.15) is 0 Å². The smallest absolute Gasteiger partial charge is 0.336 e. The molecule has 4 nitrogen and oxygen atoms in total. The van der Waals surface area contributed by atoms with Crippen molar-refractivity contribution in [3.05, 3.63) is 73.7 Å². The van der Waals surface area contributed by atoms with Gasteiger partial charge in [0, 0.05) is 5.41 Å². The van der Waals surface area contributed by atoms with Gasteiger partial charge in [0.05, 0.1) is 38.3 Å². The fourth-order valence-corrected chi connectivity index (χ4v) is 3.81. The molecular formula is C25H23Cl3F6N2O2. The highest BCUT2D eigenvalue weighted by molar-refractivity contribution is 6.48. The third kappa shape index (κ3) is 8.28. The summed E-state index contributed by atoms with van der Waals surface area (Å²) in [6, 6.07) is 4.39. The lowest BCUT2D eigenvalue weighted by Crippen LogP contribution is -2.49. The van der Waals surface area contributed by atoms with Crippen LogP contribution in [0.25, 0.3) is 6.08 Å². The Morgan fingerprint density at radius 3 is 1.92 bits per heavy atom. The molecule has 0 saturated carbocycles. The summed E-state index contributed by atoms with van der Waals surface area (Å²) < 4.78 is 82.6. The minimum Gasteiger partial charge on any atom is -0.336 e. The maximum absolute atomic E-state index is 13.8. The number of carbonyl (C=O) groups is 2. The van der Waals surface area contributed by atoms with Crippen LogP contribution in [-0.2, 0) is 11.0 Å². The molecule has 0 aromatic heterocycles. The van der Waals surface area contributed by atoms with E-state index in [2.05, 4.69) is 10.6 Å². The molecule has 2 rings (SSSR count). The molecule has 2 atom stereocenters. The molecule has 0 radical (unpaired) electrons. The Hall–Kier alpha value is -2.43. The maximum Gasteiger partial charge on any atom is 0.417 e.